The SMILES string of the molecule is COc1cccc([C@@H]([NH3+])[C@@H](O)C(=O)[O-])c1. The third-order valence-electron chi connectivity index (χ3n) is 2.14. The molecule has 5 nitrogen and oxygen atoms in total. The molecular formula is C10H13NO4. The number of quaternary nitrogens is 1. The summed E-state index contributed by atoms with van der Waals surface area (Å²) in [5.41, 5.74) is 4.17. The van der Waals surface area contributed by atoms with E-state index >= 15 is 0 Å². The maximum absolute atomic E-state index is 10.4. The standard InChI is InChI=1S/C10H13NO4/c1-15-7-4-2-3-6(5-7)8(11)9(12)10(13)14/h2-5,8-9,12H,11H2,1H3,(H,13,14)/t8-,9-/m1/s1. The lowest BCUT2D eigenvalue weighted by atomic mass is 10.0. The molecule has 0 amide bonds. The number of carboxylic acid groups (broad SMARTS) is 1. The molecule has 82 valence electrons. The minimum atomic E-state index is -1.61. The van der Waals surface area contributed by atoms with Crippen molar-refractivity contribution < 1.29 is 25.5 Å². The molecule has 0 aromatic heterocycles. The van der Waals surface area contributed by atoms with Gasteiger partial charge in [-0.3, -0.25) is 0 Å². The number of carbonyl (C=O) groups excluding carboxylic acids is 1. The molecule has 0 aliphatic carbocycles. The molecule has 4 N–H and O–H groups in total. The van der Waals surface area contributed by atoms with Crippen LogP contribution in [0.25, 0.3) is 0 Å². The van der Waals surface area contributed by atoms with Crippen LogP contribution in [-0.4, -0.2) is 24.3 Å². The van der Waals surface area contributed by atoms with Gasteiger partial charge in [0.05, 0.1) is 13.1 Å². The van der Waals surface area contributed by atoms with Crippen LogP contribution in [0.4, 0.5) is 0 Å². The van der Waals surface area contributed by atoms with Gasteiger partial charge in [-0.25, -0.2) is 0 Å². The maximum Gasteiger partial charge on any atom is 0.149 e. The minimum absolute atomic E-state index is 0.589. The summed E-state index contributed by atoms with van der Waals surface area (Å²) in [6, 6.07) is 5.96. The average molecular weight is 211 g/mol. The van der Waals surface area contributed by atoms with Gasteiger partial charge in [-0.05, 0) is 12.1 Å². The van der Waals surface area contributed by atoms with E-state index in [9.17, 15) is 15.0 Å². The lowest BCUT2D eigenvalue weighted by Crippen LogP contribution is -2.62. The Morgan fingerprint density at radius 3 is 2.80 bits per heavy atom. The van der Waals surface area contributed by atoms with Gasteiger partial charge in [0.25, 0.3) is 0 Å². The highest BCUT2D eigenvalue weighted by Gasteiger charge is 2.21. The Hall–Kier alpha value is -1.59. The highest BCUT2D eigenvalue weighted by atomic mass is 16.5. The Bertz CT molecular complexity index is 353. The van der Waals surface area contributed by atoms with E-state index in [-0.39, 0.29) is 0 Å². The molecule has 0 spiro atoms. The predicted octanol–water partition coefficient (Wildman–Crippen LogP) is -1.91. The van der Waals surface area contributed by atoms with Crippen LogP contribution in [0.3, 0.4) is 0 Å². The number of aliphatic hydroxyl groups excluding tert-OH is 1. The number of aliphatic hydroxyl groups is 1. The molecule has 2 atom stereocenters. The molecule has 1 rings (SSSR count). The molecular weight excluding hydrogens is 198 g/mol. The van der Waals surface area contributed by atoms with Crippen molar-refractivity contribution in [2.45, 2.75) is 12.1 Å². The van der Waals surface area contributed by atoms with Crippen molar-refractivity contribution in [3.63, 3.8) is 0 Å². The summed E-state index contributed by atoms with van der Waals surface area (Å²) in [7, 11) is 1.51. The number of ether oxygens (including phenoxy) is 1. The summed E-state index contributed by atoms with van der Waals surface area (Å²) in [6.45, 7) is 0. The number of carboxylic acids is 1. The average Bonchev–Trinajstić information content (AvgIpc) is 2.27. The first-order chi connectivity index (χ1) is 7.06. The van der Waals surface area contributed by atoms with Crippen molar-refractivity contribution in [1.29, 1.82) is 0 Å². The van der Waals surface area contributed by atoms with E-state index in [1.165, 1.54) is 7.11 Å². The van der Waals surface area contributed by atoms with Crippen LogP contribution >= 0.6 is 0 Å². The van der Waals surface area contributed by atoms with E-state index in [0.717, 1.165) is 0 Å². The van der Waals surface area contributed by atoms with Crippen LogP contribution in [0.2, 0.25) is 0 Å². The number of hydrogen-bond acceptors (Lipinski definition) is 4. The minimum Gasteiger partial charge on any atom is -0.547 e. The van der Waals surface area contributed by atoms with Gasteiger partial charge < -0.3 is 25.5 Å². The summed E-state index contributed by atoms with van der Waals surface area (Å²) in [4.78, 5) is 10.4. The summed E-state index contributed by atoms with van der Waals surface area (Å²) in [5.74, 6) is -0.940. The second-order valence-corrected chi connectivity index (χ2v) is 3.15. The van der Waals surface area contributed by atoms with Crippen LogP contribution in [0.15, 0.2) is 24.3 Å². The lowest BCUT2D eigenvalue weighted by Gasteiger charge is -2.17. The Kier molecular flexibility index (Phi) is 3.65. The molecule has 1 aromatic carbocycles. The van der Waals surface area contributed by atoms with Crippen LogP contribution in [0.1, 0.15) is 11.6 Å². The van der Waals surface area contributed by atoms with E-state index < -0.39 is 18.1 Å². The van der Waals surface area contributed by atoms with E-state index in [1.54, 1.807) is 24.3 Å². The molecule has 0 fully saturated rings. The first-order valence-corrected chi connectivity index (χ1v) is 4.42. The van der Waals surface area contributed by atoms with Gasteiger partial charge in [-0.1, -0.05) is 12.1 Å². The largest absolute Gasteiger partial charge is 0.547 e. The first-order valence-electron chi connectivity index (χ1n) is 4.42. The summed E-state index contributed by atoms with van der Waals surface area (Å²) >= 11 is 0. The Balaban J connectivity index is 2.90. The van der Waals surface area contributed by atoms with Gasteiger partial charge in [0.15, 0.2) is 0 Å². The number of methoxy groups -OCH3 is 1. The number of benzene rings is 1. The van der Waals surface area contributed by atoms with Crippen LogP contribution in [-0.2, 0) is 4.79 Å². The van der Waals surface area contributed by atoms with Crippen molar-refractivity contribution in [3.05, 3.63) is 29.8 Å². The third-order valence-corrected chi connectivity index (χ3v) is 2.14. The second-order valence-electron chi connectivity index (χ2n) is 3.15. The van der Waals surface area contributed by atoms with Gasteiger partial charge in [-0.15, -0.1) is 0 Å². The zero-order valence-corrected chi connectivity index (χ0v) is 8.34. The normalized spacial score (nSPS) is 14.3. The van der Waals surface area contributed by atoms with E-state index in [1.807, 2.05) is 0 Å². The molecule has 0 aliphatic heterocycles. The molecule has 0 aliphatic rings. The van der Waals surface area contributed by atoms with Crippen LogP contribution < -0.4 is 15.6 Å². The van der Waals surface area contributed by atoms with Gasteiger partial charge >= 0.3 is 0 Å². The zero-order valence-electron chi connectivity index (χ0n) is 8.34. The number of hydrogen-bond donors (Lipinski definition) is 2. The molecule has 0 saturated heterocycles. The fraction of sp³-hybridized carbons (Fsp3) is 0.300. The molecule has 5 heteroatoms. The molecule has 0 heterocycles. The smallest absolute Gasteiger partial charge is 0.149 e. The van der Waals surface area contributed by atoms with Gasteiger partial charge in [0.2, 0.25) is 0 Å². The molecule has 0 unspecified atom stereocenters. The van der Waals surface area contributed by atoms with Crippen molar-refractivity contribution >= 4 is 5.97 Å². The maximum atomic E-state index is 10.4. The fourth-order valence-electron chi connectivity index (χ4n) is 1.22. The molecule has 0 bridgehead atoms. The van der Waals surface area contributed by atoms with Crippen molar-refractivity contribution in [1.82, 2.24) is 0 Å². The predicted molar refractivity (Wildman–Crippen MR) is 49.6 cm³/mol. The Morgan fingerprint density at radius 1 is 1.60 bits per heavy atom. The highest BCUT2D eigenvalue weighted by molar-refractivity contribution is 5.70. The number of carbonyl (C=O) groups is 1. The third kappa shape index (κ3) is 2.68. The van der Waals surface area contributed by atoms with Crippen LogP contribution in [0, 0.1) is 0 Å². The highest BCUT2D eigenvalue weighted by Crippen LogP contribution is 2.18. The fourth-order valence-corrected chi connectivity index (χ4v) is 1.22. The van der Waals surface area contributed by atoms with E-state index in [4.69, 9.17) is 4.74 Å². The van der Waals surface area contributed by atoms with E-state index in [2.05, 4.69) is 5.73 Å². The Morgan fingerprint density at radius 2 is 2.27 bits per heavy atom. The summed E-state index contributed by atoms with van der Waals surface area (Å²) in [6.07, 6.45) is -1.61. The molecule has 15 heavy (non-hydrogen) atoms. The van der Waals surface area contributed by atoms with Crippen LogP contribution in [0.5, 0.6) is 5.75 Å². The molecule has 1 aromatic rings. The summed E-state index contributed by atoms with van der Waals surface area (Å²) in [5, 5.41) is 19.7. The molecule has 0 saturated carbocycles. The Labute approximate surface area is 87.1 Å². The quantitative estimate of drug-likeness (QED) is 0.607. The van der Waals surface area contributed by atoms with Crippen molar-refractivity contribution in [3.8, 4) is 5.75 Å². The lowest BCUT2D eigenvalue weighted by molar-refractivity contribution is -0.448. The number of aliphatic carboxylic acids is 1. The topological polar surface area (TPSA) is 97.2 Å². The van der Waals surface area contributed by atoms with Gasteiger partial charge in [0, 0.05) is 5.56 Å². The van der Waals surface area contributed by atoms with Gasteiger partial charge in [0.1, 0.15) is 17.9 Å². The first kappa shape index (κ1) is 11.5. The second kappa shape index (κ2) is 4.77. The zero-order chi connectivity index (χ0) is 11.4. The van der Waals surface area contributed by atoms with Gasteiger partial charge in [-0.2, -0.15) is 0 Å². The van der Waals surface area contributed by atoms with Crippen molar-refractivity contribution in [2.75, 3.05) is 7.11 Å². The summed E-state index contributed by atoms with van der Waals surface area (Å²) < 4.78 is 4.97. The monoisotopic (exact) mass is 211 g/mol. The van der Waals surface area contributed by atoms with Crippen molar-refractivity contribution in [2.24, 2.45) is 0 Å². The molecule has 0 radical (unpaired) electrons. The van der Waals surface area contributed by atoms with E-state index in [0.29, 0.717) is 11.3 Å². The number of rotatable bonds is 4.